The van der Waals surface area contributed by atoms with Crippen molar-refractivity contribution in [1.29, 1.82) is 0 Å². The number of aliphatic imine (C=N–C) groups is 1. The van der Waals surface area contributed by atoms with E-state index >= 15 is 0 Å². The summed E-state index contributed by atoms with van der Waals surface area (Å²) < 4.78 is 0. The van der Waals surface area contributed by atoms with E-state index in [4.69, 9.17) is 11.6 Å². The second-order valence-corrected chi connectivity index (χ2v) is 3.07. The Kier molecular flexibility index (Phi) is 3.43. The van der Waals surface area contributed by atoms with Gasteiger partial charge in [0.1, 0.15) is 0 Å². The van der Waals surface area contributed by atoms with E-state index in [2.05, 4.69) is 17.2 Å². The van der Waals surface area contributed by atoms with E-state index < -0.39 is 0 Å². The minimum absolute atomic E-state index is 0.206. The predicted molar refractivity (Wildman–Crippen MR) is 48.9 cm³/mol. The van der Waals surface area contributed by atoms with Crippen molar-refractivity contribution in [3.05, 3.63) is 11.2 Å². The average molecular weight is 173 g/mol. The molecule has 0 bridgehead atoms. The Morgan fingerprint density at radius 2 is 2.55 bits per heavy atom. The van der Waals surface area contributed by atoms with Crippen LogP contribution in [0.4, 0.5) is 0 Å². The second-order valence-electron chi connectivity index (χ2n) is 2.63. The topological polar surface area (TPSA) is 24.4 Å². The van der Waals surface area contributed by atoms with Crippen molar-refractivity contribution in [2.75, 3.05) is 0 Å². The summed E-state index contributed by atoms with van der Waals surface area (Å²) in [6.07, 6.45) is 6.95. The Hall–Kier alpha value is -0.500. The fourth-order valence-corrected chi connectivity index (χ4v) is 1.26. The van der Waals surface area contributed by atoms with Crippen LogP contribution in [0.3, 0.4) is 0 Å². The van der Waals surface area contributed by atoms with Gasteiger partial charge in [-0.25, -0.2) is 0 Å². The lowest BCUT2D eigenvalue weighted by Crippen LogP contribution is -2.16. The van der Waals surface area contributed by atoms with Crippen LogP contribution in [0.15, 0.2) is 16.2 Å². The van der Waals surface area contributed by atoms with Gasteiger partial charge in [-0.15, -0.1) is 0 Å². The number of hydrogen-bond acceptors (Lipinski definition) is 2. The fourth-order valence-electron chi connectivity index (χ4n) is 1.03. The van der Waals surface area contributed by atoms with Crippen LogP contribution < -0.4 is 5.32 Å². The lowest BCUT2D eigenvalue weighted by molar-refractivity contribution is 0.644. The van der Waals surface area contributed by atoms with Gasteiger partial charge in [0.25, 0.3) is 0 Å². The third-order valence-corrected chi connectivity index (χ3v) is 2.06. The molecule has 0 saturated heterocycles. The highest BCUT2D eigenvalue weighted by Crippen LogP contribution is 2.18. The Morgan fingerprint density at radius 3 is 3.18 bits per heavy atom. The van der Waals surface area contributed by atoms with Crippen molar-refractivity contribution in [2.24, 2.45) is 4.99 Å². The number of unbranched alkanes of at least 4 members (excludes halogenated alkanes) is 1. The number of nitrogens with zero attached hydrogens (tertiary/aromatic N) is 1. The van der Waals surface area contributed by atoms with Gasteiger partial charge in [0.05, 0.1) is 17.4 Å². The molecule has 1 rings (SSSR count). The lowest BCUT2D eigenvalue weighted by Gasteiger charge is -2.13. The van der Waals surface area contributed by atoms with Crippen LogP contribution in [0.2, 0.25) is 0 Å². The molecule has 0 aromatic heterocycles. The molecule has 1 aliphatic rings. The van der Waals surface area contributed by atoms with Crippen molar-refractivity contribution in [3.8, 4) is 0 Å². The van der Waals surface area contributed by atoms with Gasteiger partial charge in [-0.05, 0) is 6.42 Å². The fraction of sp³-hybridized carbons (Fsp3) is 0.625. The van der Waals surface area contributed by atoms with E-state index in [1.54, 1.807) is 12.5 Å². The summed E-state index contributed by atoms with van der Waals surface area (Å²) in [4.78, 5) is 4.21. The molecular formula is C8H13ClN2. The van der Waals surface area contributed by atoms with Crippen LogP contribution in [0.25, 0.3) is 0 Å². The van der Waals surface area contributed by atoms with Crippen molar-refractivity contribution in [1.82, 2.24) is 5.32 Å². The third-order valence-electron chi connectivity index (χ3n) is 1.70. The quantitative estimate of drug-likeness (QED) is 0.694. The molecule has 0 saturated carbocycles. The zero-order valence-corrected chi connectivity index (χ0v) is 7.43. The Labute approximate surface area is 72.3 Å². The Balaban J connectivity index is 2.36. The summed E-state index contributed by atoms with van der Waals surface area (Å²) in [5.74, 6) is 0. The van der Waals surface area contributed by atoms with Gasteiger partial charge in [0.15, 0.2) is 0 Å². The SMILES string of the molecule is CCCCC1N=CNC=C1Cl. The molecule has 2 nitrogen and oxygen atoms in total. The average Bonchev–Trinajstić information content (AvgIpc) is 2.03. The van der Waals surface area contributed by atoms with E-state index in [0.29, 0.717) is 0 Å². The van der Waals surface area contributed by atoms with Gasteiger partial charge >= 0.3 is 0 Å². The summed E-state index contributed by atoms with van der Waals surface area (Å²) in [6, 6.07) is 0.206. The first kappa shape index (κ1) is 8.60. The molecule has 1 unspecified atom stereocenters. The highest BCUT2D eigenvalue weighted by Gasteiger charge is 2.11. The van der Waals surface area contributed by atoms with Crippen LogP contribution >= 0.6 is 11.6 Å². The molecule has 0 aliphatic carbocycles. The van der Waals surface area contributed by atoms with Crippen LogP contribution in [-0.2, 0) is 0 Å². The molecule has 1 aliphatic heterocycles. The van der Waals surface area contributed by atoms with Gasteiger partial charge in [0.2, 0.25) is 0 Å². The zero-order valence-electron chi connectivity index (χ0n) is 6.68. The summed E-state index contributed by atoms with van der Waals surface area (Å²) in [7, 11) is 0. The van der Waals surface area contributed by atoms with E-state index in [1.165, 1.54) is 12.8 Å². The highest BCUT2D eigenvalue weighted by molar-refractivity contribution is 6.30. The zero-order chi connectivity index (χ0) is 8.10. The van der Waals surface area contributed by atoms with Crippen LogP contribution in [0, 0.1) is 0 Å². The van der Waals surface area contributed by atoms with E-state index in [9.17, 15) is 0 Å². The first-order valence-corrected chi connectivity index (χ1v) is 4.35. The van der Waals surface area contributed by atoms with E-state index in [0.717, 1.165) is 11.5 Å². The van der Waals surface area contributed by atoms with Gasteiger partial charge < -0.3 is 5.32 Å². The maximum atomic E-state index is 5.90. The number of nitrogens with one attached hydrogen (secondary N) is 1. The monoisotopic (exact) mass is 172 g/mol. The molecule has 3 heteroatoms. The van der Waals surface area contributed by atoms with Gasteiger partial charge in [-0.1, -0.05) is 31.4 Å². The Bertz CT molecular complexity index is 175. The summed E-state index contributed by atoms with van der Waals surface area (Å²) >= 11 is 5.90. The van der Waals surface area contributed by atoms with Crippen LogP contribution in [0.5, 0.6) is 0 Å². The van der Waals surface area contributed by atoms with E-state index in [1.807, 2.05) is 0 Å². The summed E-state index contributed by atoms with van der Waals surface area (Å²) in [5.41, 5.74) is 0. The first-order chi connectivity index (χ1) is 5.34. The summed E-state index contributed by atoms with van der Waals surface area (Å²) in [5, 5.41) is 3.68. The third kappa shape index (κ3) is 2.54. The number of halogens is 1. The minimum atomic E-state index is 0.206. The molecule has 0 amide bonds. The molecule has 1 atom stereocenters. The van der Waals surface area contributed by atoms with Crippen LogP contribution in [0.1, 0.15) is 26.2 Å². The molecular weight excluding hydrogens is 160 g/mol. The molecule has 0 fully saturated rings. The normalized spacial score (nSPS) is 22.7. The lowest BCUT2D eigenvalue weighted by atomic mass is 10.1. The molecule has 0 aromatic rings. The predicted octanol–water partition coefficient (Wildman–Crippen LogP) is 2.26. The van der Waals surface area contributed by atoms with Gasteiger partial charge in [0, 0.05) is 6.20 Å². The molecule has 11 heavy (non-hydrogen) atoms. The van der Waals surface area contributed by atoms with Crippen molar-refractivity contribution >= 4 is 17.9 Å². The Morgan fingerprint density at radius 1 is 1.73 bits per heavy atom. The molecule has 0 radical (unpaired) electrons. The van der Waals surface area contributed by atoms with Crippen molar-refractivity contribution in [3.63, 3.8) is 0 Å². The number of hydrogen-bond donors (Lipinski definition) is 1. The summed E-state index contributed by atoms with van der Waals surface area (Å²) in [6.45, 7) is 2.17. The smallest absolute Gasteiger partial charge is 0.0886 e. The van der Waals surface area contributed by atoms with E-state index in [-0.39, 0.29) is 6.04 Å². The number of rotatable bonds is 3. The van der Waals surface area contributed by atoms with Gasteiger partial charge in [-0.2, -0.15) is 0 Å². The largest absolute Gasteiger partial charge is 0.352 e. The highest BCUT2D eigenvalue weighted by atomic mass is 35.5. The first-order valence-electron chi connectivity index (χ1n) is 3.98. The maximum Gasteiger partial charge on any atom is 0.0886 e. The standard InChI is InChI=1S/C8H13ClN2/c1-2-3-4-8-7(9)5-10-6-11-8/h5-6,8H,2-4H2,1H3,(H,10,11). The van der Waals surface area contributed by atoms with Gasteiger partial charge in [-0.3, -0.25) is 4.99 Å². The van der Waals surface area contributed by atoms with Crippen LogP contribution in [-0.4, -0.2) is 12.4 Å². The molecule has 1 N–H and O–H groups in total. The molecule has 0 spiro atoms. The van der Waals surface area contributed by atoms with Crippen molar-refractivity contribution in [2.45, 2.75) is 32.2 Å². The molecule has 1 heterocycles. The second kappa shape index (κ2) is 4.39. The van der Waals surface area contributed by atoms with Crippen molar-refractivity contribution < 1.29 is 0 Å². The molecule has 62 valence electrons. The minimum Gasteiger partial charge on any atom is -0.352 e. The maximum absolute atomic E-state index is 5.90. The molecule has 0 aromatic carbocycles.